The van der Waals surface area contributed by atoms with Gasteiger partial charge in [0, 0.05) is 30.5 Å². The number of pyridine rings is 1. The van der Waals surface area contributed by atoms with Crippen molar-refractivity contribution in [2.24, 2.45) is 0 Å². The van der Waals surface area contributed by atoms with Crippen LogP contribution in [0.15, 0.2) is 18.3 Å². The second-order valence-electron chi connectivity index (χ2n) is 4.55. The Kier molecular flexibility index (Phi) is 3.91. The highest BCUT2D eigenvalue weighted by atomic mass is 35.5. The van der Waals surface area contributed by atoms with E-state index in [0.717, 1.165) is 25.1 Å². The summed E-state index contributed by atoms with van der Waals surface area (Å²) in [6, 6.07) is 4.07. The van der Waals surface area contributed by atoms with Crippen molar-refractivity contribution >= 4 is 23.4 Å². The number of carbonyl (C=O) groups is 1. The summed E-state index contributed by atoms with van der Waals surface area (Å²) in [6.07, 6.45) is 2.34. The number of hydrogen-bond donors (Lipinski definition) is 2. The Hall–Kier alpha value is -1.49. The molecule has 98 valence electrons. The van der Waals surface area contributed by atoms with Crippen molar-refractivity contribution in [3.8, 4) is 0 Å². The highest BCUT2D eigenvalue weighted by molar-refractivity contribution is 6.29. The molecule has 1 aliphatic rings. The van der Waals surface area contributed by atoms with Crippen LogP contribution in [0, 0.1) is 0 Å². The van der Waals surface area contributed by atoms with E-state index in [4.69, 9.17) is 16.7 Å². The highest BCUT2D eigenvalue weighted by Gasteiger charge is 2.26. The lowest BCUT2D eigenvalue weighted by molar-refractivity contribution is 0.186. The number of nitrogens with one attached hydrogen (secondary N) is 1. The normalized spacial score (nSPS) is 23.8. The average molecular weight is 270 g/mol. The molecule has 0 aliphatic carbocycles. The predicted molar refractivity (Wildman–Crippen MR) is 70.2 cm³/mol. The second-order valence-corrected chi connectivity index (χ2v) is 4.94. The molecule has 1 fully saturated rings. The van der Waals surface area contributed by atoms with Crippen LogP contribution in [0.5, 0.6) is 0 Å². The predicted octanol–water partition coefficient (Wildman–Crippen LogP) is 2.36. The molecule has 0 radical (unpaired) electrons. The second kappa shape index (κ2) is 5.44. The molecule has 0 aromatic carbocycles. The van der Waals surface area contributed by atoms with E-state index < -0.39 is 6.09 Å². The van der Waals surface area contributed by atoms with E-state index in [1.165, 1.54) is 0 Å². The molecule has 2 heterocycles. The molecule has 0 saturated carbocycles. The third kappa shape index (κ3) is 3.04. The van der Waals surface area contributed by atoms with Crippen LogP contribution in [0.2, 0.25) is 5.15 Å². The molecular formula is C12H16ClN3O2. The van der Waals surface area contributed by atoms with Gasteiger partial charge in [-0.2, -0.15) is 0 Å². The molecule has 1 aromatic rings. The first kappa shape index (κ1) is 13.0. The highest BCUT2D eigenvalue weighted by Crippen LogP contribution is 2.25. The molecule has 0 spiro atoms. The molecule has 2 N–H and O–H groups in total. The molecule has 5 nitrogen and oxygen atoms in total. The van der Waals surface area contributed by atoms with E-state index in [0.29, 0.717) is 5.15 Å². The summed E-state index contributed by atoms with van der Waals surface area (Å²) in [4.78, 5) is 16.8. The number of nitrogens with zero attached hydrogens (tertiary/aromatic N) is 2. The monoisotopic (exact) mass is 269 g/mol. The van der Waals surface area contributed by atoms with E-state index >= 15 is 0 Å². The fraction of sp³-hybridized carbons (Fsp3) is 0.500. The molecule has 2 atom stereocenters. The zero-order chi connectivity index (χ0) is 13.1. The Morgan fingerprint density at radius 1 is 1.67 bits per heavy atom. The van der Waals surface area contributed by atoms with Crippen LogP contribution in [0.3, 0.4) is 0 Å². The first-order valence-corrected chi connectivity index (χ1v) is 6.31. The molecule has 1 aliphatic heterocycles. The van der Waals surface area contributed by atoms with Crippen molar-refractivity contribution in [3.63, 3.8) is 0 Å². The lowest BCUT2D eigenvalue weighted by Gasteiger charge is -2.39. The van der Waals surface area contributed by atoms with Crippen molar-refractivity contribution < 1.29 is 9.90 Å². The van der Waals surface area contributed by atoms with Crippen molar-refractivity contribution in [2.45, 2.75) is 31.8 Å². The Labute approximate surface area is 111 Å². The molecular weight excluding hydrogens is 254 g/mol. The Morgan fingerprint density at radius 2 is 2.44 bits per heavy atom. The number of amides is 1. The molecule has 6 heteroatoms. The van der Waals surface area contributed by atoms with Crippen LogP contribution in [0.4, 0.5) is 10.5 Å². The smallest absolute Gasteiger partial charge is 0.404 e. The minimum absolute atomic E-state index is 0.0334. The largest absolute Gasteiger partial charge is 0.465 e. The number of hydrogen-bond acceptors (Lipinski definition) is 3. The summed E-state index contributed by atoms with van der Waals surface area (Å²) >= 11 is 5.88. The maximum absolute atomic E-state index is 10.6. The number of anilines is 1. The van der Waals surface area contributed by atoms with E-state index in [1.807, 2.05) is 12.1 Å². The zero-order valence-electron chi connectivity index (χ0n) is 10.1. The van der Waals surface area contributed by atoms with Crippen LogP contribution in [-0.2, 0) is 0 Å². The number of piperidine rings is 1. The maximum atomic E-state index is 10.6. The standard InChI is InChI=1S/C12H16ClN3O2/c1-8-6-9(15-12(17)18)3-5-16(8)10-2-4-14-11(13)7-10/h2,4,7-9,15H,3,5-6H2,1H3,(H,17,18). The topological polar surface area (TPSA) is 65.5 Å². The Balaban J connectivity index is 2.03. The quantitative estimate of drug-likeness (QED) is 0.809. The van der Waals surface area contributed by atoms with E-state index in [2.05, 4.69) is 22.1 Å². The van der Waals surface area contributed by atoms with Gasteiger partial charge in [-0.15, -0.1) is 0 Å². The van der Waals surface area contributed by atoms with Gasteiger partial charge in [0.25, 0.3) is 0 Å². The fourth-order valence-electron chi connectivity index (χ4n) is 2.43. The SMILES string of the molecule is CC1CC(NC(=O)O)CCN1c1ccnc(Cl)c1. The van der Waals surface area contributed by atoms with Crippen LogP contribution < -0.4 is 10.2 Å². The molecule has 1 saturated heterocycles. The van der Waals surface area contributed by atoms with Crippen LogP contribution in [0.25, 0.3) is 0 Å². The minimum Gasteiger partial charge on any atom is -0.465 e. The Morgan fingerprint density at radius 3 is 3.06 bits per heavy atom. The summed E-state index contributed by atoms with van der Waals surface area (Å²) < 4.78 is 0. The number of rotatable bonds is 2. The average Bonchev–Trinajstić information content (AvgIpc) is 2.28. The van der Waals surface area contributed by atoms with E-state index in [1.54, 1.807) is 6.20 Å². The number of carboxylic acid groups (broad SMARTS) is 1. The lowest BCUT2D eigenvalue weighted by Crippen LogP contribution is -2.48. The molecule has 0 bridgehead atoms. The fourth-order valence-corrected chi connectivity index (χ4v) is 2.60. The van der Waals surface area contributed by atoms with Crippen molar-refractivity contribution in [1.29, 1.82) is 0 Å². The van der Waals surface area contributed by atoms with Gasteiger partial charge in [0.05, 0.1) is 0 Å². The number of aromatic nitrogens is 1. The molecule has 18 heavy (non-hydrogen) atoms. The summed E-state index contributed by atoms with van der Waals surface area (Å²) in [7, 11) is 0. The van der Waals surface area contributed by atoms with Crippen molar-refractivity contribution in [1.82, 2.24) is 10.3 Å². The molecule has 2 rings (SSSR count). The van der Waals surface area contributed by atoms with Gasteiger partial charge in [-0.3, -0.25) is 0 Å². The van der Waals surface area contributed by atoms with Crippen molar-refractivity contribution in [2.75, 3.05) is 11.4 Å². The van der Waals surface area contributed by atoms with Crippen LogP contribution in [-0.4, -0.2) is 34.8 Å². The van der Waals surface area contributed by atoms with Gasteiger partial charge < -0.3 is 15.3 Å². The van der Waals surface area contributed by atoms with Gasteiger partial charge in [0.15, 0.2) is 0 Å². The minimum atomic E-state index is -0.951. The summed E-state index contributed by atoms with van der Waals surface area (Å²) in [6.45, 7) is 2.90. The lowest BCUT2D eigenvalue weighted by atomic mass is 9.98. The molecule has 1 aromatic heterocycles. The van der Waals surface area contributed by atoms with E-state index in [9.17, 15) is 4.79 Å². The Bertz CT molecular complexity index is 441. The summed E-state index contributed by atoms with van der Waals surface area (Å²) in [5.41, 5.74) is 1.04. The van der Waals surface area contributed by atoms with E-state index in [-0.39, 0.29) is 12.1 Å². The van der Waals surface area contributed by atoms with Gasteiger partial charge in [0.2, 0.25) is 0 Å². The van der Waals surface area contributed by atoms with Gasteiger partial charge in [-0.25, -0.2) is 9.78 Å². The van der Waals surface area contributed by atoms with Gasteiger partial charge >= 0.3 is 6.09 Å². The molecule has 1 amide bonds. The van der Waals surface area contributed by atoms with Crippen LogP contribution in [0.1, 0.15) is 19.8 Å². The van der Waals surface area contributed by atoms with Crippen LogP contribution >= 0.6 is 11.6 Å². The van der Waals surface area contributed by atoms with Gasteiger partial charge in [-0.1, -0.05) is 11.6 Å². The zero-order valence-corrected chi connectivity index (χ0v) is 10.9. The first-order valence-electron chi connectivity index (χ1n) is 5.94. The van der Waals surface area contributed by atoms with Crippen molar-refractivity contribution in [3.05, 3.63) is 23.5 Å². The molecule has 2 unspecified atom stereocenters. The van der Waals surface area contributed by atoms with Gasteiger partial charge in [0.1, 0.15) is 5.15 Å². The summed E-state index contributed by atoms with van der Waals surface area (Å²) in [5, 5.41) is 11.7. The first-order chi connectivity index (χ1) is 8.56. The third-order valence-electron chi connectivity index (χ3n) is 3.25. The number of halogens is 1. The van der Waals surface area contributed by atoms with Gasteiger partial charge in [-0.05, 0) is 31.9 Å². The maximum Gasteiger partial charge on any atom is 0.404 e. The third-order valence-corrected chi connectivity index (χ3v) is 3.45. The summed E-state index contributed by atoms with van der Waals surface area (Å²) in [5.74, 6) is 0.